The van der Waals surface area contributed by atoms with Crippen molar-refractivity contribution in [3.05, 3.63) is 0 Å². The molecule has 368 valence electrons. The topological polar surface area (TPSA) is 78.9 Å². The summed E-state index contributed by atoms with van der Waals surface area (Å²) in [6, 6.07) is 0. The zero-order valence-corrected chi connectivity index (χ0v) is 42.3. The van der Waals surface area contributed by atoms with Gasteiger partial charge in [-0.2, -0.15) is 0 Å². The van der Waals surface area contributed by atoms with E-state index >= 15 is 0 Å². The lowest BCUT2D eigenvalue weighted by Gasteiger charge is -2.18. The largest absolute Gasteiger partial charge is 0.462 e. The second-order valence-electron chi connectivity index (χ2n) is 19.7. The van der Waals surface area contributed by atoms with E-state index < -0.39 is 6.10 Å². The molecule has 0 aliphatic rings. The number of ether oxygens (including phenoxy) is 3. The van der Waals surface area contributed by atoms with Crippen LogP contribution < -0.4 is 0 Å². The molecular weight excluding hydrogens is 769 g/mol. The molecule has 0 fully saturated rings. The van der Waals surface area contributed by atoms with E-state index in [0.29, 0.717) is 19.3 Å². The molecule has 0 aliphatic heterocycles. The third-order valence-corrected chi connectivity index (χ3v) is 12.8. The Morgan fingerprint density at radius 3 is 0.790 bits per heavy atom. The molecule has 0 unspecified atom stereocenters. The van der Waals surface area contributed by atoms with E-state index in [1.807, 2.05) is 0 Å². The maximum Gasteiger partial charge on any atom is 0.306 e. The van der Waals surface area contributed by atoms with Crippen LogP contribution in [0.1, 0.15) is 317 Å². The summed E-state index contributed by atoms with van der Waals surface area (Å²) >= 11 is 0. The SMILES string of the molecule is CCCCCCCCCCCCCCCCCCC(=O)O[C@H](COC(=O)CCCCCCCCCCCC)COC(=O)CCCCCCCCCCCCCCCCCC(C)C. The van der Waals surface area contributed by atoms with Gasteiger partial charge in [-0.25, -0.2) is 0 Å². The fourth-order valence-electron chi connectivity index (χ4n) is 8.57. The Labute approximate surface area is 387 Å². The van der Waals surface area contributed by atoms with Crippen molar-refractivity contribution >= 4 is 17.9 Å². The second-order valence-corrected chi connectivity index (χ2v) is 19.7. The Bertz CT molecular complexity index is 933. The molecule has 1 atom stereocenters. The van der Waals surface area contributed by atoms with Crippen molar-refractivity contribution in [2.45, 2.75) is 323 Å². The molecule has 0 aromatic heterocycles. The molecule has 0 aromatic carbocycles. The van der Waals surface area contributed by atoms with Gasteiger partial charge in [-0.3, -0.25) is 14.4 Å². The summed E-state index contributed by atoms with van der Waals surface area (Å²) in [6.45, 7) is 9.05. The number of hydrogen-bond donors (Lipinski definition) is 0. The van der Waals surface area contributed by atoms with Gasteiger partial charge in [0.15, 0.2) is 6.10 Å². The highest BCUT2D eigenvalue weighted by atomic mass is 16.6. The lowest BCUT2D eigenvalue weighted by molar-refractivity contribution is -0.167. The first-order valence-electron chi connectivity index (χ1n) is 27.9. The van der Waals surface area contributed by atoms with Gasteiger partial charge < -0.3 is 14.2 Å². The third kappa shape index (κ3) is 49.4. The van der Waals surface area contributed by atoms with Gasteiger partial charge in [0.2, 0.25) is 0 Å². The molecule has 0 aliphatic carbocycles. The minimum atomic E-state index is -0.760. The van der Waals surface area contributed by atoms with Gasteiger partial charge >= 0.3 is 17.9 Å². The van der Waals surface area contributed by atoms with Crippen LogP contribution in [0.3, 0.4) is 0 Å². The quantitative estimate of drug-likeness (QED) is 0.0344. The number of esters is 3. The van der Waals surface area contributed by atoms with Crippen LogP contribution in [0.4, 0.5) is 0 Å². The van der Waals surface area contributed by atoms with Crippen molar-refractivity contribution in [2.24, 2.45) is 5.92 Å². The van der Waals surface area contributed by atoms with Gasteiger partial charge in [-0.15, -0.1) is 0 Å². The maximum atomic E-state index is 12.8. The average Bonchev–Trinajstić information content (AvgIpc) is 3.26. The first kappa shape index (κ1) is 60.4. The second kappa shape index (κ2) is 50.4. The molecule has 0 aromatic rings. The minimum absolute atomic E-state index is 0.0621. The Morgan fingerprint density at radius 2 is 0.532 bits per heavy atom. The van der Waals surface area contributed by atoms with E-state index in [1.165, 1.54) is 212 Å². The molecule has 0 bridgehead atoms. The van der Waals surface area contributed by atoms with Crippen molar-refractivity contribution in [3.63, 3.8) is 0 Å². The summed E-state index contributed by atoms with van der Waals surface area (Å²) in [6.07, 6.45) is 53.8. The molecule has 0 saturated carbocycles. The number of carbonyl (C=O) groups excluding carboxylic acids is 3. The van der Waals surface area contributed by atoms with Gasteiger partial charge in [0.25, 0.3) is 0 Å². The average molecular weight is 877 g/mol. The monoisotopic (exact) mass is 877 g/mol. The standard InChI is InChI=1S/C56H108O6/c1-5-7-9-11-13-15-17-18-19-22-26-29-33-37-41-45-49-56(59)62-53(50-60-54(57)47-43-39-35-31-16-14-12-10-8-6-2)51-61-55(58)48-44-40-36-32-28-25-23-20-21-24-27-30-34-38-42-46-52(3)4/h52-53H,5-51H2,1-4H3/t53-/m1/s1. The zero-order valence-electron chi connectivity index (χ0n) is 42.3. The molecule has 0 amide bonds. The van der Waals surface area contributed by atoms with E-state index in [4.69, 9.17) is 14.2 Å². The number of unbranched alkanes of at least 4 members (excludes halogenated alkanes) is 38. The molecule has 0 radical (unpaired) electrons. The van der Waals surface area contributed by atoms with Crippen LogP contribution in [-0.2, 0) is 28.6 Å². The summed E-state index contributed by atoms with van der Waals surface area (Å²) in [5, 5.41) is 0. The van der Waals surface area contributed by atoms with E-state index in [0.717, 1.165) is 63.7 Å². The van der Waals surface area contributed by atoms with Gasteiger partial charge in [0.05, 0.1) is 0 Å². The number of carbonyl (C=O) groups is 3. The lowest BCUT2D eigenvalue weighted by Crippen LogP contribution is -2.30. The van der Waals surface area contributed by atoms with Crippen molar-refractivity contribution in [1.82, 2.24) is 0 Å². The van der Waals surface area contributed by atoms with Crippen molar-refractivity contribution in [3.8, 4) is 0 Å². The Balaban J connectivity index is 4.24. The number of hydrogen-bond acceptors (Lipinski definition) is 6. The van der Waals surface area contributed by atoms with E-state index in [2.05, 4.69) is 27.7 Å². The Kier molecular flexibility index (Phi) is 49.1. The summed E-state index contributed by atoms with van der Waals surface area (Å²) < 4.78 is 16.8. The summed E-state index contributed by atoms with van der Waals surface area (Å²) in [7, 11) is 0. The van der Waals surface area contributed by atoms with Gasteiger partial charge in [-0.1, -0.05) is 278 Å². The Morgan fingerprint density at radius 1 is 0.306 bits per heavy atom. The molecule has 0 N–H and O–H groups in total. The summed E-state index contributed by atoms with van der Waals surface area (Å²) in [4.78, 5) is 38.0. The Hall–Kier alpha value is -1.59. The maximum absolute atomic E-state index is 12.8. The highest BCUT2D eigenvalue weighted by Crippen LogP contribution is 2.18. The van der Waals surface area contributed by atoms with Crippen LogP contribution in [0.15, 0.2) is 0 Å². The van der Waals surface area contributed by atoms with Crippen LogP contribution in [-0.4, -0.2) is 37.2 Å². The third-order valence-electron chi connectivity index (χ3n) is 12.8. The van der Waals surface area contributed by atoms with Crippen molar-refractivity contribution in [2.75, 3.05) is 13.2 Å². The fourth-order valence-corrected chi connectivity index (χ4v) is 8.57. The first-order valence-corrected chi connectivity index (χ1v) is 27.9. The molecule has 0 saturated heterocycles. The van der Waals surface area contributed by atoms with Crippen molar-refractivity contribution < 1.29 is 28.6 Å². The minimum Gasteiger partial charge on any atom is -0.462 e. The molecule has 0 rings (SSSR count). The molecule has 0 heterocycles. The van der Waals surface area contributed by atoms with Crippen LogP contribution in [0.5, 0.6) is 0 Å². The predicted molar refractivity (Wildman–Crippen MR) is 266 cm³/mol. The smallest absolute Gasteiger partial charge is 0.306 e. The number of rotatable bonds is 51. The van der Waals surface area contributed by atoms with E-state index in [-0.39, 0.29) is 31.1 Å². The molecule has 6 heteroatoms. The van der Waals surface area contributed by atoms with Crippen molar-refractivity contribution in [1.29, 1.82) is 0 Å². The lowest BCUT2D eigenvalue weighted by atomic mass is 10.0. The highest BCUT2D eigenvalue weighted by molar-refractivity contribution is 5.71. The fraction of sp³-hybridized carbons (Fsp3) is 0.946. The molecule has 0 spiro atoms. The van der Waals surface area contributed by atoms with Gasteiger partial charge in [-0.05, 0) is 25.2 Å². The van der Waals surface area contributed by atoms with Gasteiger partial charge in [0, 0.05) is 19.3 Å². The normalized spacial score (nSPS) is 12.0. The van der Waals surface area contributed by atoms with E-state index in [1.54, 1.807) is 0 Å². The van der Waals surface area contributed by atoms with Crippen LogP contribution in [0.25, 0.3) is 0 Å². The molecule has 6 nitrogen and oxygen atoms in total. The predicted octanol–water partition coefficient (Wildman–Crippen LogP) is 18.2. The summed E-state index contributed by atoms with van der Waals surface area (Å²) in [5.74, 6) is 0.00954. The van der Waals surface area contributed by atoms with E-state index in [9.17, 15) is 14.4 Å². The summed E-state index contributed by atoms with van der Waals surface area (Å²) in [5.41, 5.74) is 0. The van der Waals surface area contributed by atoms with Crippen LogP contribution in [0.2, 0.25) is 0 Å². The first-order chi connectivity index (χ1) is 30.4. The van der Waals surface area contributed by atoms with Crippen LogP contribution >= 0.6 is 0 Å². The zero-order chi connectivity index (χ0) is 45.2. The van der Waals surface area contributed by atoms with Gasteiger partial charge in [0.1, 0.15) is 13.2 Å². The highest BCUT2D eigenvalue weighted by Gasteiger charge is 2.19. The van der Waals surface area contributed by atoms with Crippen LogP contribution in [0, 0.1) is 5.92 Å². The molecular formula is C56H108O6. The molecule has 62 heavy (non-hydrogen) atoms.